The van der Waals surface area contributed by atoms with E-state index in [4.69, 9.17) is 5.11 Å². The Morgan fingerprint density at radius 1 is 1.47 bits per heavy atom. The number of carboxylic acid groups (broad SMARTS) is 1. The van der Waals surface area contributed by atoms with E-state index in [1.165, 1.54) is 0 Å². The number of unbranched alkanes of at least 4 members (excludes halogenated alkanes) is 1. The largest absolute Gasteiger partial charge is 0.480 e. The Hall–Kier alpha value is -1.50. The third-order valence-electron chi connectivity index (χ3n) is 2.68. The van der Waals surface area contributed by atoms with Gasteiger partial charge in [0.05, 0.1) is 13.1 Å². The number of tetrazole rings is 1. The Labute approximate surface area is 113 Å². The molecule has 0 aliphatic rings. The molecule has 0 aromatic carbocycles. The normalized spacial score (nSPS) is 11.4. The highest BCUT2D eigenvalue weighted by molar-refractivity contribution is 5.69. The molecule has 1 aromatic heterocycles. The van der Waals surface area contributed by atoms with Crippen LogP contribution < -0.4 is 0 Å². The molecule has 108 valence electrons. The molecule has 0 unspecified atom stereocenters. The number of carbonyl (C=O) groups is 1. The van der Waals surface area contributed by atoms with Crippen molar-refractivity contribution in [1.29, 1.82) is 0 Å². The van der Waals surface area contributed by atoms with E-state index in [1.54, 1.807) is 4.68 Å². The van der Waals surface area contributed by atoms with Gasteiger partial charge in [-0.3, -0.25) is 9.69 Å². The second-order valence-electron chi connectivity index (χ2n) is 5.13. The van der Waals surface area contributed by atoms with Crippen molar-refractivity contribution in [3.8, 4) is 0 Å². The van der Waals surface area contributed by atoms with Gasteiger partial charge in [0.1, 0.15) is 0 Å². The number of aromatic nitrogens is 4. The lowest BCUT2D eigenvalue weighted by Crippen LogP contribution is -2.33. The van der Waals surface area contributed by atoms with Gasteiger partial charge in [0.25, 0.3) is 0 Å². The molecule has 0 spiro atoms. The minimum atomic E-state index is -0.826. The fourth-order valence-corrected chi connectivity index (χ4v) is 1.91. The van der Waals surface area contributed by atoms with Crippen molar-refractivity contribution in [2.45, 2.75) is 46.7 Å². The van der Waals surface area contributed by atoms with Crippen molar-refractivity contribution < 1.29 is 9.90 Å². The van der Waals surface area contributed by atoms with Crippen LogP contribution in [0.5, 0.6) is 0 Å². The molecule has 1 heterocycles. The fraction of sp³-hybridized carbons (Fsp3) is 0.833. The molecule has 19 heavy (non-hydrogen) atoms. The molecule has 0 amide bonds. The molecule has 0 saturated carbocycles. The zero-order valence-electron chi connectivity index (χ0n) is 11.9. The van der Waals surface area contributed by atoms with E-state index >= 15 is 0 Å². The van der Waals surface area contributed by atoms with E-state index in [-0.39, 0.29) is 6.54 Å². The van der Waals surface area contributed by atoms with Crippen molar-refractivity contribution in [1.82, 2.24) is 25.1 Å². The molecule has 1 aromatic rings. The molecule has 0 bridgehead atoms. The van der Waals surface area contributed by atoms with Gasteiger partial charge in [0, 0.05) is 13.1 Å². The molecule has 1 rings (SSSR count). The Kier molecular flexibility index (Phi) is 6.41. The summed E-state index contributed by atoms with van der Waals surface area (Å²) in [5.74, 6) is 0.308. The van der Waals surface area contributed by atoms with Crippen LogP contribution >= 0.6 is 0 Å². The number of hydrogen-bond acceptors (Lipinski definition) is 5. The minimum Gasteiger partial charge on any atom is -0.480 e. The van der Waals surface area contributed by atoms with E-state index in [2.05, 4.69) is 36.3 Å². The number of aliphatic carboxylic acids is 1. The number of nitrogens with zero attached hydrogens (tertiary/aromatic N) is 5. The van der Waals surface area contributed by atoms with Gasteiger partial charge in [-0.15, -0.1) is 5.10 Å². The van der Waals surface area contributed by atoms with Crippen LogP contribution in [0.25, 0.3) is 0 Å². The highest BCUT2D eigenvalue weighted by Gasteiger charge is 2.15. The van der Waals surface area contributed by atoms with Crippen molar-refractivity contribution in [3.05, 3.63) is 5.82 Å². The molecular weight excluding hydrogens is 246 g/mol. The van der Waals surface area contributed by atoms with Crippen LogP contribution in [0.3, 0.4) is 0 Å². The van der Waals surface area contributed by atoms with Crippen molar-refractivity contribution in [3.63, 3.8) is 0 Å². The molecule has 0 aliphatic heterocycles. The smallest absolute Gasteiger partial charge is 0.317 e. The quantitative estimate of drug-likeness (QED) is 0.720. The molecular formula is C12H23N5O2. The van der Waals surface area contributed by atoms with Crippen LogP contribution in [-0.2, 0) is 17.9 Å². The van der Waals surface area contributed by atoms with E-state index < -0.39 is 5.97 Å². The number of aryl methyl sites for hydroxylation is 1. The van der Waals surface area contributed by atoms with E-state index in [0.717, 1.165) is 25.2 Å². The first-order chi connectivity index (χ1) is 9.02. The van der Waals surface area contributed by atoms with Crippen molar-refractivity contribution in [2.75, 3.05) is 13.1 Å². The monoisotopic (exact) mass is 269 g/mol. The Morgan fingerprint density at radius 2 is 2.21 bits per heavy atom. The summed E-state index contributed by atoms with van der Waals surface area (Å²) >= 11 is 0. The average molecular weight is 269 g/mol. The predicted molar refractivity (Wildman–Crippen MR) is 70.5 cm³/mol. The zero-order valence-corrected chi connectivity index (χ0v) is 11.9. The van der Waals surface area contributed by atoms with Crippen LogP contribution in [0.15, 0.2) is 0 Å². The molecule has 0 aliphatic carbocycles. The molecule has 0 radical (unpaired) electrons. The van der Waals surface area contributed by atoms with Crippen LogP contribution in [-0.4, -0.2) is 49.3 Å². The first-order valence-electron chi connectivity index (χ1n) is 6.72. The SMILES string of the molecule is CCCCn1nnnc1CN(CC(=O)O)CC(C)C. The van der Waals surface area contributed by atoms with Crippen LogP contribution in [0.4, 0.5) is 0 Å². The Morgan fingerprint density at radius 3 is 2.79 bits per heavy atom. The molecule has 0 fully saturated rings. The summed E-state index contributed by atoms with van der Waals surface area (Å²) in [5, 5.41) is 20.5. The van der Waals surface area contributed by atoms with Crippen LogP contribution in [0.2, 0.25) is 0 Å². The van der Waals surface area contributed by atoms with E-state index in [1.807, 2.05) is 4.90 Å². The highest BCUT2D eigenvalue weighted by atomic mass is 16.4. The maximum absolute atomic E-state index is 10.9. The van der Waals surface area contributed by atoms with Gasteiger partial charge < -0.3 is 5.11 Å². The second-order valence-corrected chi connectivity index (χ2v) is 5.13. The summed E-state index contributed by atoms with van der Waals surface area (Å²) in [6.07, 6.45) is 2.09. The Balaban J connectivity index is 2.66. The van der Waals surface area contributed by atoms with Crippen LogP contribution in [0.1, 0.15) is 39.4 Å². The number of carboxylic acids is 1. The summed E-state index contributed by atoms with van der Waals surface area (Å²) < 4.78 is 1.76. The van der Waals surface area contributed by atoms with Gasteiger partial charge in [-0.2, -0.15) is 0 Å². The summed E-state index contributed by atoms with van der Waals surface area (Å²) in [5.41, 5.74) is 0. The first-order valence-corrected chi connectivity index (χ1v) is 6.72. The zero-order chi connectivity index (χ0) is 14.3. The summed E-state index contributed by atoms with van der Waals surface area (Å²) in [6, 6.07) is 0. The third kappa shape index (κ3) is 5.78. The summed E-state index contributed by atoms with van der Waals surface area (Å²) in [4.78, 5) is 12.7. The maximum Gasteiger partial charge on any atom is 0.317 e. The maximum atomic E-state index is 10.9. The summed E-state index contributed by atoms with van der Waals surface area (Å²) in [7, 11) is 0. The van der Waals surface area contributed by atoms with E-state index in [9.17, 15) is 4.79 Å². The van der Waals surface area contributed by atoms with Gasteiger partial charge in [-0.25, -0.2) is 4.68 Å². The average Bonchev–Trinajstić information content (AvgIpc) is 2.72. The van der Waals surface area contributed by atoms with Gasteiger partial charge in [0.2, 0.25) is 0 Å². The number of hydrogen-bond donors (Lipinski definition) is 1. The molecule has 7 nitrogen and oxygen atoms in total. The molecule has 0 atom stereocenters. The van der Waals surface area contributed by atoms with Gasteiger partial charge in [-0.05, 0) is 22.8 Å². The van der Waals surface area contributed by atoms with Crippen molar-refractivity contribution in [2.24, 2.45) is 5.92 Å². The molecule has 0 saturated heterocycles. The minimum absolute atomic E-state index is 0.0127. The van der Waals surface area contributed by atoms with Gasteiger partial charge in [-0.1, -0.05) is 27.2 Å². The van der Waals surface area contributed by atoms with Crippen LogP contribution in [0, 0.1) is 5.92 Å². The first kappa shape index (κ1) is 15.6. The molecule has 7 heteroatoms. The predicted octanol–water partition coefficient (Wildman–Crippen LogP) is 1.02. The third-order valence-corrected chi connectivity index (χ3v) is 2.68. The molecule has 1 N–H and O–H groups in total. The highest BCUT2D eigenvalue weighted by Crippen LogP contribution is 2.05. The standard InChI is InChI=1S/C12H23N5O2/c1-4-5-6-17-11(13-14-15-17)8-16(7-10(2)3)9-12(18)19/h10H,4-9H2,1-3H3,(H,18,19). The van der Waals surface area contributed by atoms with Gasteiger partial charge in [0.15, 0.2) is 5.82 Å². The van der Waals surface area contributed by atoms with Crippen molar-refractivity contribution >= 4 is 5.97 Å². The lowest BCUT2D eigenvalue weighted by atomic mass is 10.2. The number of rotatable bonds is 9. The fourth-order valence-electron chi connectivity index (χ4n) is 1.91. The van der Waals surface area contributed by atoms with Gasteiger partial charge >= 0.3 is 5.97 Å². The topological polar surface area (TPSA) is 84.1 Å². The second kappa shape index (κ2) is 7.83. The Bertz CT molecular complexity index is 391. The lowest BCUT2D eigenvalue weighted by Gasteiger charge is -2.21. The van der Waals surface area contributed by atoms with E-state index in [0.29, 0.717) is 19.0 Å². The summed E-state index contributed by atoms with van der Waals surface area (Å²) in [6.45, 7) is 8.22. The lowest BCUT2D eigenvalue weighted by molar-refractivity contribution is -0.138.